The summed E-state index contributed by atoms with van der Waals surface area (Å²) in [7, 11) is 1.59. The van der Waals surface area contributed by atoms with Crippen LogP contribution in [0.4, 0.5) is 15.2 Å². The summed E-state index contributed by atoms with van der Waals surface area (Å²) in [6.07, 6.45) is 0. The third-order valence-electron chi connectivity index (χ3n) is 3.26. The van der Waals surface area contributed by atoms with Crippen molar-refractivity contribution in [2.45, 2.75) is 4.34 Å². The number of anilines is 2. The van der Waals surface area contributed by atoms with Gasteiger partial charge >= 0.3 is 0 Å². The molecule has 8 heteroatoms. The maximum Gasteiger partial charge on any atom is 0.210 e. The van der Waals surface area contributed by atoms with E-state index in [0.717, 1.165) is 5.69 Å². The number of thioether (sulfide) groups is 1. The Morgan fingerprint density at radius 2 is 1.96 bits per heavy atom. The second-order valence-electron chi connectivity index (χ2n) is 4.89. The summed E-state index contributed by atoms with van der Waals surface area (Å²) in [6.45, 7) is 0. The van der Waals surface area contributed by atoms with Gasteiger partial charge in [-0.1, -0.05) is 47.4 Å². The topological polar surface area (TPSA) is 64.1 Å². The van der Waals surface area contributed by atoms with E-state index in [0.29, 0.717) is 15.2 Å². The molecule has 3 aromatic rings. The molecule has 5 nitrogen and oxygen atoms in total. The third-order valence-corrected chi connectivity index (χ3v) is 5.23. The molecule has 1 aromatic heterocycles. The van der Waals surface area contributed by atoms with Crippen LogP contribution in [0.2, 0.25) is 0 Å². The average molecular weight is 375 g/mol. The number of para-hydroxylation sites is 2. The Morgan fingerprint density at radius 1 is 1.20 bits per heavy atom. The van der Waals surface area contributed by atoms with Crippen molar-refractivity contribution in [3.05, 3.63) is 59.9 Å². The summed E-state index contributed by atoms with van der Waals surface area (Å²) in [5.74, 6) is 0.00703. The van der Waals surface area contributed by atoms with Gasteiger partial charge in [0.1, 0.15) is 11.6 Å². The number of hydrogen-bond donors (Lipinski definition) is 1. The van der Waals surface area contributed by atoms with Crippen LogP contribution >= 0.6 is 23.1 Å². The predicted molar refractivity (Wildman–Crippen MR) is 97.6 cm³/mol. The molecule has 0 aliphatic heterocycles. The molecule has 0 fully saturated rings. The number of hydrogen-bond acceptors (Lipinski definition) is 7. The number of aromatic nitrogens is 2. The molecule has 25 heavy (non-hydrogen) atoms. The number of halogens is 1. The highest BCUT2D eigenvalue weighted by Gasteiger charge is 2.13. The van der Waals surface area contributed by atoms with Crippen molar-refractivity contribution in [1.82, 2.24) is 10.2 Å². The highest BCUT2D eigenvalue weighted by molar-refractivity contribution is 8.01. The molecule has 0 radical (unpaired) electrons. The second-order valence-corrected chi connectivity index (χ2v) is 7.09. The largest absolute Gasteiger partial charge is 0.495 e. The number of Topliss-reactive ketones (excluding diaryl/α,β-unsaturated/α-hetero) is 1. The van der Waals surface area contributed by atoms with Crippen LogP contribution in [0.15, 0.2) is 52.9 Å². The number of nitrogens with one attached hydrogen (secondary N) is 1. The fraction of sp³-hybridized carbons (Fsp3) is 0.118. The quantitative estimate of drug-likeness (QED) is 0.488. The normalized spacial score (nSPS) is 10.5. The minimum absolute atomic E-state index is 0.0897. The van der Waals surface area contributed by atoms with Crippen LogP contribution in [0.25, 0.3) is 0 Å². The number of ketones is 1. The average Bonchev–Trinajstić information content (AvgIpc) is 3.08. The van der Waals surface area contributed by atoms with E-state index >= 15 is 0 Å². The van der Waals surface area contributed by atoms with Crippen molar-refractivity contribution in [2.75, 3.05) is 18.2 Å². The molecule has 0 unspecified atom stereocenters. The molecular formula is C17H14FN3O2S2. The van der Waals surface area contributed by atoms with E-state index in [-0.39, 0.29) is 17.1 Å². The van der Waals surface area contributed by atoms with E-state index in [2.05, 4.69) is 15.5 Å². The Balaban J connectivity index is 1.62. The Labute approximate surface area is 152 Å². The molecule has 2 aromatic carbocycles. The lowest BCUT2D eigenvalue weighted by Crippen LogP contribution is -2.04. The van der Waals surface area contributed by atoms with Crippen molar-refractivity contribution < 1.29 is 13.9 Å². The molecular weight excluding hydrogens is 361 g/mol. The summed E-state index contributed by atoms with van der Waals surface area (Å²) >= 11 is 2.55. The van der Waals surface area contributed by atoms with Crippen LogP contribution in [0.1, 0.15) is 10.4 Å². The standard InChI is InChI=1S/C17H14FN3O2S2/c1-23-15-9-5-4-8-13(15)19-16-20-21-17(25-16)24-10-14(22)11-6-2-3-7-12(11)18/h2-9H,10H2,1H3,(H,19,20). The molecule has 1 N–H and O–H groups in total. The maximum atomic E-state index is 13.6. The molecule has 1 heterocycles. The summed E-state index contributed by atoms with van der Waals surface area (Å²) in [4.78, 5) is 12.1. The molecule has 0 amide bonds. The van der Waals surface area contributed by atoms with E-state index in [4.69, 9.17) is 4.74 Å². The number of nitrogens with zero attached hydrogens (tertiary/aromatic N) is 2. The van der Waals surface area contributed by atoms with Crippen LogP contribution in [0.5, 0.6) is 5.75 Å². The Kier molecular flexibility index (Phi) is 5.62. The van der Waals surface area contributed by atoms with Gasteiger partial charge in [-0.3, -0.25) is 4.79 Å². The van der Waals surface area contributed by atoms with Crippen LogP contribution in [-0.4, -0.2) is 28.8 Å². The van der Waals surface area contributed by atoms with E-state index in [9.17, 15) is 9.18 Å². The lowest BCUT2D eigenvalue weighted by Gasteiger charge is -2.07. The fourth-order valence-electron chi connectivity index (χ4n) is 2.07. The van der Waals surface area contributed by atoms with Gasteiger partial charge in [0.25, 0.3) is 0 Å². The molecule has 0 aliphatic rings. The zero-order valence-electron chi connectivity index (χ0n) is 13.2. The molecule has 0 saturated heterocycles. The van der Waals surface area contributed by atoms with Gasteiger partial charge < -0.3 is 10.1 Å². The summed E-state index contributed by atoms with van der Waals surface area (Å²) in [6, 6.07) is 13.4. The zero-order chi connectivity index (χ0) is 17.6. The van der Waals surface area contributed by atoms with Crippen molar-refractivity contribution in [1.29, 1.82) is 0 Å². The van der Waals surface area contributed by atoms with Gasteiger partial charge in [0.05, 0.1) is 24.1 Å². The SMILES string of the molecule is COc1ccccc1Nc1nnc(SCC(=O)c2ccccc2F)s1. The van der Waals surface area contributed by atoms with Crippen molar-refractivity contribution in [3.8, 4) is 5.75 Å². The minimum atomic E-state index is -0.510. The molecule has 0 atom stereocenters. The molecule has 0 saturated carbocycles. The first-order chi connectivity index (χ1) is 12.2. The van der Waals surface area contributed by atoms with Gasteiger partial charge in [-0.05, 0) is 24.3 Å². The molecule has 0 spiro atoms. The second kappa shape index (κ2) is 8.09. The minimum Gasteiger partial charge on any atom is -0.495 e. The van der Waals surface area contributed by atoms with Gasteiger partial charge in [0, 0.05) is 0 Å². The zero-order valence-corrected chi connectivity index (χ0v) is 14.9. The molecule has 0 bridgehead atoms. The monoisotopic (exact) mass is 375 g/mol. The van der Waals surface area contributed by atoms with Gasteiger partial charge in [-0.25, -0.2) is 4.39 Å². The smallest absolute Gasteiger partial charge is 0.210 e. The van der Waals surface area contributed by atoms with Gasteiger partial charge in [-0.2, -0.15) is 0 Å². The van der Waals surface area contributed by atoms with Crippen molar-refractivity contribution in [2.24, 2.45) is 0 Å². The van der Waals surface area contributed by atoms with E-state index in [1.165, 1.54) is 35.2 Å². The lowest BCUT2D eigenvalue weighted by molar-refractivity contribution is 0.101. The Bertz CT molecular complexity index is 886. The van der Waals surface area contributed by atoms with E-state index < -0.39 is 5.82 Å². The highest BCUT2D eigenvalue weighted by Crippen LogP contribution is 2.31. The number of carbonyl (C=O) groups excluding carboxylic acids is 1. The first-order valence-electron chi connectivity index (χ1n) is 7.31. The molecule has 3 rings (SSSR count). The summed E-state index contributed by atoms with van der Waals surface area (Å²) in [5.41, 5.74) is 0.868. The van der Waals surface area contributed by atoms with Crippen LogP contribution in [0, 0.1) is 5.82 Å². The lowest BCUT2D eigenvalue weighted by atomic mass is 10.1. The summed E-state index contributed by atoms with van der Waals surface area (Å²) < 4.78 is 19.5. The number of ether oxygens (including phenoxy) is 1. The first kappa shape index (κ1) is 17.4. The van der Waals surface area contributed by atoms with E-state index in [1.807, 2.05) is 24.3 Å². The summed E-state index contributed by atoms with van der Waals surface area (Å²) in [5, 5.41) is 11.8. The first-order valence-corrected chi connectivity index (χ1v) is 9.11. The van der Waals surface area contributed by atoms with Crippen molar-refractivity contribution in [3.63, 3.8) is 0 Å². The van der Waals surface area contributed by atoms with Crippen LogP contribution in [-0.2, 0) is 0 Å². The number of benzene rings is 2. The van der Waals surface area contributed by atoms with Crippen LogP contribution in [0.3, 0.4) is 0 Å². The fourth-order valence-corrected chi connectivity index (χ4v) is 3.72. The Morgan fingerprint density at radius 3 is 2.76 bits per heavy atom. The Hall–Kier alpha value is -2.45. The maximum absolute atomic E-state index is 13.6. The van der Waals surface area contributed by atoms with Gasteiger partial charge in [-0.15, -0.1) is 10.2 Å². The predicted octanol–water partition coefficient (Wildman–Crippen LogP) is 4.40. The third kappa shape index (κ3) is 4.34. The van der Waals surface area contributed by atoms with Crippen molar-refractivity contribution >= 4 is 39.7 Å². The molecule has 0 aliphatic carbocycles. The van der Waals surface area contributed by atoms with E-state index in [1.54, 1.807) is 19.2 Å². The number of methoxy groups -OCH3 is 1. The van der Waals surface area contributed by atoms with Gasteiger partial charge in [0.2, 0.25) is 5.13 Å². The van der Waals surface area contributed by atoms with Gasteiger partial charge in [0.15, 0.2) is 10.1 Å². The highest BCUT2D eigenvalue weighted by atomic mass is 32.2. The molecule has 128 valence electrons. The number of carbonyl (C=O) groups is 1. The van der Waals surface area contributed by atoms with Crippen LogP contribution < -0.4 is 10.1 Å². The number of rotatable bonds is 7.